The minimum atomic E-state index is 0.0254. The van der Waals surface area contributed by atoms with Crippen molar-refractivity contribution in [3.05, 3.63) is 21.9 Å². The molecule has 1 aromatic rings. The molecule has 3 heteroatoms. The number of rotatable bonds is 5. The van der Waals surface area contributed by atoms with Crippen molar-refractivity contribution in [1.82, 2.24) is 0 Å². The lowest BCUT2D eigenvalue weighted by Gasteiger charge is -2.27. The first-order valence-corrected chi connectivity index (χ1v) is 6.76. The van der Waals surface area contributed by atoms with Crippen LogP contribution in [0.1, 0.15) is 44.2 Å². The zero-order valence-corrected chi connectivity index (χ0v) is 11.7. The third kappa shape index (κ3) is 3.30. The molecule has 3 atom stereocenters. The zero-order chi connectivity index (χ0) is 12.3. The van der Waals surface area contributed by atoms with E-state index in [4.69, 9.17) is 10.5 Å². The van der Waals surface area contributed by atoms with E-state index in [0.717, 1.165) is 0 Å². The Balaban J connectivity index is 2.81. The largest absolute Gasteiger partial charge is 0.368 e. The Bertz CT molecular complexity index is 319. The van der Waals surface area contributed by atoms with Crippen molar-refractivity contribution in [2.75, 3.05) is 0 Å². The topological polar surface area (TPSA) is 35.2 Å². The quantitative estimate of drug-likeness (QED) is 0.856. The Morgan fingerprint density at radius 2 is 1.88 bits per heavy atom. The molecule has 1 aromatic heterocycles. The van der Waals surface area contributed by atoms with Gasteiger partial charge in [0.25, 0.3) is 0 Å². The van der Waals surface area contributed by atoms with Crippen molar-refractivity contribution in [2.24, 2.45) is 11.7 Å². The number of hydrogen-bond donors (Lipinski definition) is 1. The highest BCUT2D eigenvalue weighted by Crippen LogP contribution is 2.30. The van der Waals surface area contributed by atoms with Crippen LogP contribution in [-0.4, -0.2) is 12.1 Å². The molecule has 1 heterocycles. The minimum absolute atomic E-state index is 0.0254. The molecule has 16 heavy (non-hydrogen) atoms. The Labute approximate surface area is 103 Å². The summed E-state index contributed by atoms with van der Waals surface area (Å²) in [6, 6.07) is 2.15. The van der Waals surface area contributed by atoms with E-state index in [-0.39, 0.29) is 18.2 Å². The first kappa shape index (κ1) is 13.7. The maximum absolute atomic E-state index is 6.08. The second kappa shape index (κ2) is 5.80. The van der Waals surface area contributed by atoms with Crippen LogP contribution >= 0.6 is 11.3 Å². The first-order chi connectivity index (χ1) is 7.43. The van der Waals surface area contributed by atoms with Crippen molar-refractivity contribution >= 4 is 11.3 Å². The average Bonchev–Trinajstić information content (AvgIpc) is 2.59. The predicted molar refractivity (Wildman–Crippen MR) is 70.8 cm³/mol. The molecule has 0 spiro atoms. The number of nitrogens with two attached hydrogens (primary N) is 1. The average molecular weight is 241 g/mol. The Hall–Kier alpha value is -0.380. The molecular weight excluding hydrogens is 218 g/mol. The lowest BCUT2D eigenvalue weighted by atomic mass is 10.1. The summed E-state index contributed by atoms with van der Waals surface area (Å²) in [6.45, 7) is 10.6. The highest BCUT2D eigenvalue weighted by atomic mass is 32.1. The van der Waals surface area contributed by atoms with Crippen LogP contribution in [0.2, 0.25) is 0 Å². The van der Waals surface area contributed by atoms with Crippen LogP contribution in [0, 0.1) is 12.8 Å². The van der Waals surface area contributed by atoms with Crippen LogP contribution in [-0.2, 0) is 4.74 Å². The van der Waals surface area contributed by atoms with Crippen molar-refractivity contribution in [3.8, 4) is 0 Å². The van der Waals surface area contributed by atoms with Gasteiger partial charge in [0.15, 0.2) is 0 Å². The van der Waals surface area contributed by atoms with E-state index in [2.05, 4.69) is 39.1 Å². The van der Waals surface area contributed by atoms with E-state index >= 15 is 0 Å². The molecule has 92 valence electrons. The number of aryl methyl sites for hydroxylation is 1. The molecule has 2 N–H and O–H groups in total. The van der Waals surface area contributed by atoms with Gasteiger partial charge in [-0.15, -0.1) is 11.3 Å². The summed E-state index contributed by atoms with van der Waals surface area (Å²) in [6.07, 6.45) is 0.259. The van der Waals surface area contributed by atoms with Gasteiger partial charge < -0.3 is 10.5 Å². The fraction of sp³-hybridized carbons (Fsp3) is 0.692. The van der Waals surface area contributed by atoms with Crippen molar-refractivity contribution in [2.45, 2.75) is 52.9 Å². The van der Waals surface area contributed by atoms with Gasteiger partial charge in [-0.2, -0.15) is 0 Å². The smallest absolute Gasteiger partial charge is 0.107 e. The molecule has 2 nitrogen and oxygen atoms in total. The number of ether oxygens (including phenoxy) is 1. The van der Waals surface area contributed by atoms with Gasteiger partial charge in [0.2, 0.25) is 0 Å². The minimum Gasteiger partial charge on any atom is -0.368 e. The standard InChI is InChI=1S/C13H23NOS/c1-8(2)11(5)15-12(10(4)14)13-9(3)6-7-16-13/h6-8,10-12H,14H2,1-5H3. The SMILES string of the molecule is Cc1ccsc1C(OC(C)C(C)C)C(C)N. The fourth-order valence-corrected chi connectivity index (χ4v) is 2.57. The summed E-state index contributed by atoms with van der Waals surface area (Å²) >= 11 is 1.73. The fourth-order valence-electron chi connectivity index (χ4n) is 1.49. The van der Waals surface area contributed by atoms with Crippen molar-refractivity contribution in [3.63, 3.8) is 0 Å². The Kier molecular flexibility index (Phi) is 4.96. The van der Waals surface area contributed by atoms with Gasteiger partial charge in [0, 0.05) is 10.9 Å². The van der Waals surface area contributed by atoms with Crippen LogP contribution in [0.15, 0.2) is 11.4 Å². The van der Waals surface area contributed by atoms with Gasteiger partial charge >= 0.3 is 0 Å². The zero-order valence-electron chi connectivity index (χ0n) is 10.9. The molecule has 0 aromatic carbocycles. The van der Waals surface area contributed by atoms with E-state index < -0.39 is 0 Å². The van der Waals surface area contributed by atoms with Gasteiger partial charge in [0.1, 0.15) is 6.10 Å². The molecule has 0 saturated carbocycles. The monoisotopic (exact) mass is 241 g/mol. The van der Waals surface area contributed by atoms with Gasteiger partial charge in [0.05, 0.1) is 6.10 Å². The van der Waals surface area contributed by atoms with Crippen LogP contribution in [0.3, 0.4) is 0 Å². The molecule has 0 bridgehead atoms. The number of hydrogen-bond acceptors (Lipinski definition) is 3. The lowest BCUT2D eigenvalue weighted by Crippen LogP contribution is -2.31. The van der Waals surface area contributed by atoms with Crippen LogP contribution in [0.25, 0.3) is 0 Å². The summed E-state index contributed by atoms with van der Waals surface area (Å²) in [4.78, 5) is 1.27. The highest BCUT2D eigenvalue weighted by Gasteiger charge is 2.23. The molecule has 3 unspecified atom stereocenters. The number of thiophene rings is 1. The van der Waals surface area contributed by atoms with Crippen molar-refractivity contribution < 1.29 is 4.74 Å². The van der Waals surface area contributed by atoms with Crippen LogP contribution in [0.5, 0.6) is 0 Å². The molecule has 0 aliphatic carbocycles. The van der Waals surface area contributed by atoms with E-state index in [9.17, 15) is 0 Å². The summed E-state index contributed by atoms with van der Waals surface area (Å²) in [7, 11) is 0. The van der Waals surface area contributed by atoms with Crippen LogP contribution in [0.4, 0.5) is 0 Å². The van der Waals surface area contributed by atoms with Gasteiger partial charge in [-0.25, -0.2) is 0 Å². The maximum Gasteiger partial charge on any atom is 0.107 e. The molecule has 1 rings (SSSR count). The van der Waals surface area contributed by atoms with Gasteiger partial charge in [-0.3, -0.25) is 0 Å². The van der Waals surface area contributed by atoms with Crippen molar-refractivity contribution in [1.29, 1.82) is 0 Å². The summed E-state index contributed by atoms with van der Waals surface area (Å²) in [5.74, 6) is 0.515. The summed E-state index contributed by atoms with van der Waals surface area (Å²) < 4.78 is 6.08. The maximum atomic E-state index is 6.08. The van der Waals surface area contributed by atoms with E-state index in [1.54, 1.807) is 11.3 Å². The molecule has 0 radical (unpaired) electrons. The molecule has 0 aliphatic rings. The van der Waals surface area contributed by atoms with Gasteiger partial charge in [-0.1, -0.05) is 13.8 Å². The first-order valence-electron chi connectivity index (χ1n) is 5.88. The third-order valence-corrected chi connectivity index (χ3v) is 4.02. The predicted octanol–water partition coefficient (Wildman–Crippen LogP) is 3.51. The molecule has 0 aliphatic heterocycles. The second-order valence-corrected chi connectivity index (χ2v) is 5.78. The molecule has 0 amide bonds. The summed E-state index contributed by atoms with van der Waals surface area (Å²) in [5.41, 5.74) is 7.31. The van der Waals surface area contributed by atoms with E-state index in [1.807, 2.05) is 6.92 Å². The van der Waals surface area contributed by atoms with E-state index in [1.165, 1.54) is 10.4 Å². The Morgan fingerprint density at radius 1 is 1.25 bits per heavy atom. The second-order valence-electron chi connectivity index (χ2n) is 4.83. The molecular formula is C13H23NOS. The molecule has 0 fully saturated rings. The Morgan fingerprint density at radius 3 is 2.25 bits per heavy atom. The molecule has 0 saturated heterocycles. The van der Waals surface area contributed by atoms with Gasteiger partial charge in [-0.05, 0) is 43.7 Å². The summed E-state index contributed by atoms with van der Waals surface area (Å²) in [5, 5.41) is 2.10. The third-order valence-electron chi connectivity index (χ3n) is 2.94. The van der Waals surface area contributed by atoms with E-state index in [0.29, 0.717) is 5.92 Å². The normalized spacial score (nSPS) is 17.4. The lowest BCUT2D eigenvalue weighted by molar-refractivity contribution is -0.0348. The van der Waals surface area contributed by atoms with Crippen LogP contribution < -0.4 is 5.73 Å². The highest BCUT2D eigenvalue weighted by molar-refractivity contribution is 7.10.